The lowest BCUT2D eigenvalue weighted by Crippen LogP contribution is -2.39. The maximum Gasteiger partial charge on any atom is 0.293 e. The van der Waals surface area contributed by atoms with E-state index in [1.165, 1.54) is 6.07 Å². The Morgan fingerprint density at radius 2 is 1.88 bits per heavy atom. The molecule has 3 rings (SSSR count). The average Bonchev–Trinajstić information content (AvgIpc) is 2.63. The normalized spacial score (nSPS) is 17.4. The van der Waals surface area contributed by atoms with Gasteiger partial charge in [0.2, 0.25) is 0 Å². The average molecular weight is 338 g/mol. The van der Waals surface area contributed by atoms with Gasteiger partial charge in [0, 0.05) is 42.6 Å². The molecular formula is C19H18N2O4. The van der Waals surface area contributed by atoms with Crippen molar-refractivity contribution >= 4 is 22.9 Å². The molecule has 6 heteroatoms. The number of hydrogen-bond acceptors (Lipinski definition) is 5. The molecule has 1 fully saturated rings. The fraction of sp³-hybridized carbons (Fsp3) is 0.263. The van der Waals surface area contributed by atoms with Crippen LogP contribution in [0.1, 0.15) is 29.3 Å². The van der Waals surface area contributed by atoms with E-state index in [-0.39, 0.29) is 28.7 Å². The van der Waals surface area contributed by atoms with Gasteiger partial charge in [0.05, 0.1) is 4.92 Å². The quantitative estimate of drug-likeness (QED) is 0.486. The van der Waals surface area contributed by atoms with Crippen molar-refractivity contribution in [3.05, 3.63) is 69.8 Å². The van der Waals surface area contributed by atoms with Crippen molar-refractivity contribution in [2.45, 2.75) is 13.3 Å². The number of carbonyl (C=O) groups excluding carboxylic acids is 2. The van der Waals surface area contributed by atoms with Gasteiger partial charge in [0.15, 0.2) is 5.78 Å². The molecule has 0 spiro atoms. The topological polar surface area (TPSA) is 80.5 Å². The van der Waals surface area contributed by atoms with Gasteiger partial charge in [-0.25, -0.2) is 0 Å². The van der Waals surface area contributed by atoms with Gasteiger partial charge in [0.1, 0.15) is 11.5 Å². The number of nitro benzene ring substituents is 1. The number of nitrogens with zero attached hydrogens (tertiary/aromatic N) is 2. The molecule has 2 aromatic rings. The molecule has 0 bridgehead atoms. The maximum absolute atomic E-state index is 12.5. The zero-order valence-electron chi connectivity index (χ0n) is 13.8. The standard InChI is InChI=1S/C19H18N2O4/c1-13-12-20(10-9-18(13)22)16-8-7-15(11-17(16)21(24)25)19(23)14-5-3-2-4-6-14/h2-8,11,13H,9-10,12H2,1H3. The van der Waals surface area contributed by atoms with E-state index < -0.39 is 4.92 Å². The number of anilines is 1. The summed E-state index contributed by atoms with van der Waals surface area (Å²) in [5.41, 5.74) is 1.11. The lowest BCUT2D eigenvalue weighted by molar-refractivity contribution is -0.384. The third-order valence-electron chi connectivity index (χ3n) is 4.48. The molecule has 1 aliphatic rings. The number of Topliss-reactive ketones (excluding diaryl/α,β-unsaturated/α-hetero) is 1. The van der Waals surface area contributed by atoms with E-state index in [0.29, 0.717) is 30.8 Å². The molecule has 1 heterocycles. The van der Waals surface area contributed by atoms with Gasteiger partial charge in [-0.05, 0) is 12.1 Å². The highest BCUT2D eigenvalue weighted by atomic mass is 16.6. The molecule has 0 aliphatic carbocycles. The van der Waals surface area contributed by atoms with Gasteiger partial charge in [0.25, 0.3) is 5.69 Å². The van der Waals surface area contributed by atoms with Crippen molar-refractivity contribution in [1.82, 2.24) is 0 Å². The molecular weight excluding hydrogens is 320 g/mol. The Hall–Kier alpha value is -3.02. The van der Waals surface area contributed by atoms with E-state index in [4.69, 9.17) is 0 Å². The first-order valence-electron chi connectivity index (χ1n) is 8.13. The van der Waals surface area contributed by atoms with Crippen LogP contribution in [0.5, 0.6) is 0 Å². The molecule has 128 valence electrons. The van der Waals surface area contributed by atoms with Crippen LogP contribution in [0.3, 0.4) is 0 Å². The number of carbonyl (C=O) groups is 2. The molecule has 25 heavy (non-hydrogen) atoms. The minimum atomic E-state index is -0.474. The van der Waals surface area contributed by atoms with Crippen LogP contribution < -0.4 is 4.90 Å². The molecule has 0 amide bonds. The first-order valence-corrected chi connectivity index (χ1v) is 8.13. The fourth-order valence-corrected chi connectivity index (χ4v) is 3.07. The zero-order valence-corrected chi connectivity index (χ0v) is 13.8. The first-order chi connectivity index (χ1) is 12.0. The number of ketones is 2. The van der Waals surface area contributed by atoms with E-state index in [0.717, 1.165) is 0 Å². The molecule has 0 aromatic heterocycles. The van der Waals surface area contributed by atoms with E-state index in [1.54, 1.807) is 42.5 Å². The van der Waals surface area contributed by atoms with Crippen LogP contribution in [0.25, 0.3) is 0 Å². The molecule has 1 atom stereocenters. The fourth-order valence-electron chi connectivity index (χ4n) is 3.07. The smallest absolute Gasteiger partial charge is 0.293 e. The highest BCUT2D eigenvalue weighted by molar-refractivity contribution is 6.09. The number of piperidine rings is 1. The summed E-state index contributed by atoms with van der Waals surface area (Å²) < 4.78 is 0. The number of rotatable bonds is 4. The summed E-state index contributed by atoms with van der Waals surface area (Å²) in [7, 11) is 0. The van der Waals surface area contributed by atoms with Crippen molar-refractivity contribution in [2.24, 2.45) is 5.92 Å². The van der Waals surface area contributed by atoms with Crippen molar-refractivity contribution in [3.8, 4) is 0 Å². The number of nitro groups is 1. The van der Waals surface area contributed by atoms with E-state index in [9.17, 15) is 19.7 Å². The Morgan fingerprint density at radius 3 is 2.52 bits per heavy atom. The summed E-state index contributed by atoms with van der Waals surface area (Å²) in [6.45, 7) is 2.73. The summed E-state index contributed by atoms with van der Waals surface area (Å²) >= 11 is 0. The number of benzene rings is 2. The molecule has 2 aromatic carbocycles. The summed E-state index contributed by atoms with van der Waals surface area (Å²) in [4.78, 5) is 37.1. The predicted molar refractivity (Wildman–Crippen MR) is 94.0 cm³/mol. The van der Waals surface area contributed by atoms with Crippen LogP contribution in [0.2, 0.25) is 0 Å². The van der Waals surface area contributed by atoms with Gasteiger partial charge in [-0.3, -0.25) is 19.7 Å². The lowest BCUT2D eigenvalue weighted by Gasteiger charge is -2.31. The molecule has 0 radical (unpaired) electrons. The van der Waals surface area contributed by atoms with Gasteiger partial charge in [-0.15, -0.1) is 0 Å². The minimum absolute atomic E-state index is 0.108. The molecule has 1 unspecified atom stereocenters. The van der Waals surface area contributed by atoms with E-state index >= 15 is 0 Å². The Kier molecular flexibility index (Phi) is 4.61. The van der Waals surface area contributed by atoms with Crippen LogP contribution in [0.15, 0.2) is 48.5 Å². The van der Waals surface area contributed by atoms with Crippen LogP contribution in [0, 0.1) is 16.0 Å². The monoisotopic (exact) mass is 338 g/mol. The van der Waals surface area contributed by atoms with Crippen LogP contribution in [0.4, 0.5) is 11.4 Å². The summed E-state index contributed by atoms with van der Waals surface area (Å²) in [5, 5.41) is 11.5. The summed E-state index contributed by atoms with van der Waals surface area (Å²) in [6.07, 6.45) is 0.378. The van der Waals surface area contributed by atoms with Crippen LogP contribution in [-0.2, 0) is 4.79 Å². The minimum Gasteiger partial charge on any atom is -0.365 e. The van der Waals surface area contributed by atoms with E-state index in [2.05, 4.69) is 0 Å². The molecule has 0 N–H and O–H groups in total. The highest BCUT2D eigenvalue weighted by Crippen LogP contribution is 2.32. The Balaban J connectivity index is 1.95. The van der Waals surface area contributed by atoms with Gasteiger partial charge in [-0.2, -0.15) is 0 Å². The Labute approximate surface area is 145 Å². The second-order valence-corrected chi connectivity index (χ2v) is 6.22. The van der Waals surface area contributed by atoms with Gasteiger partial charge in [-0.1, -0.05) is 37.3 Å². The Bertz CT molecular complexity index is 833. The molecule has 1 aliphatic heterocycles. The van der Waals surface area contributed by atoms with Crippen molar-refractivity contribution in [3.63, 3.8) is 0 Å². The van der Waals surface area contributed by atoms with Crippen molar-refractivity contribution < 1.29 is 14.5 Å². The zero-order chi connectivity index (χ0) is 18.0. The lowest BCUT2D eigenvalue weighted by atomic mass is 9.97. The second-order valence-electron chi connectivity index (χ2n) is 6.22. The summed E-state index contributed by atoms with van der Waals surface area (Å²) in [6, 6.07) is 13.2. The second kappa shape index (κ2) is 6.84. The highest BCUT2D eigenvalue weighted by Gasteiger charge is 2.28. The third kappa shape index (κ3) is 3.42. The predicted octanol–water partition coefficient (Wildman–Crippen LogP) is 3.24. The van der Waals surface area contributed by atoms with Gasteiger partial charge < -0.3 is 4.90 Å². The largest absolute Gasteiger partial charge is 0.365 e. The van der Waals surface area contributed by atoms with Crippen LogP contribution in [-0.4, -0.2) is 29.6 Å². The number of hydrogen-bond donors (Lipinski definition) is 0. The van der Waals surface area contributed by atoms with Crippen molar-refractivity contribution in [1.29, 1.82) is 0 Å². The third-order valence-corrected chi connectivity index (χ3v) is 4.48. The molecule has 1 saturated heterocycles. The molecule has 6 nitrogen and oxygen atoms in total. The summed E-state index contributed by atoms with van der Waals surface area (Å²) in [5.74, 6) is -0.230. The van der Waals surface area contributed by atoms with Crippen molar-refractivity contribution in [2.75, 3.05) is 18.0 Å². The molecule has 0 saturated carbocycles. The maximum atomic E-state index is 12.5. The SMILES string of the molecule is CC1CN(c2ccc(C(=O)c3ccccc3)cc2[N+](=O)[O-])CCC1=O. The van der Waals surface area contributed by atoms with Gasteiger partial charge >= 0.3 is 0 Å². The van der Waals surface area contributed by atoms with E-state index in [1.807, 2.05) is 11.8 Å². The first kappa shape index (κ1) is 16.8. The van der Waals surface area contributed by atoms with Crippen LogP contribution >= 0.6 is 0 Å². The Morgan fingerprint density at radius 1 is 1.16 bits per heavy atom.